The van der Waals surface area contributed by atoms with Crippen molar-refractivity contribution in [2.75, 3.05) is 0 Å². The van der Waals surface area contributed by atoms with Crippen LogP contribution in [0.3, 0.4) is 0 Å². The summed E-state index contributed by atoms with van der Waals surface area (Å²) in [6.45, 7) is 0. The molecular formula is C29H22ClN3O2. The van der Waals surface area contributed by atoms with E-state index in [0.29, 0.717) is 17.0 Å². The zero-order chi connectivity index (χ0) is 24.3. The average Bonchev–Trinajstić information content (AvgIpc) is 3.35. The van der Waals surface area contributed by atoms with E-state index in [9.17, 15) is 10.1 Å². The first kappa shape index (κ1) is 22.6. The lowest BCUT2D eigenvalue weighted by Gasteiger charge is -2.36. The molecule has 0 aliphatic rings. The molecule has 4 aromatic carbocycles. The summed E-state index contributed by atoms with van der Waals surface area (Å²) in [5.41, 5.74) is 3.88. The molecule has 0 radical (unpaired) electrons. The molecule has 5 nitrogen and oxygen atoms in total. The van der Waals surface area contributed by atoms with E-state index in [0.717, 1.165) is 22.3 Å². The van der Waals surface area contributed by atoms with Crippen LogP contribution in [0.4, 0.5) is 5.69 Å². The van der Waals surface area contributed by atoms with Crippen LogP contribution in [0.1, 0.15) is 27.8 Å². The van der Waals surface area contributed by atoms with Crippen molar-refractivity contribution in [3.05, 3.63) is 165 Å². The molecule has 0 saturated carbocycles. The quantitative estimate of drug-likeness (QED) is 0.145. The Morgan fingerprint density at radius 1 is 0.800 bits per heavy atom. The van der Waals surface area contributed by atoms with Crippen molar-refractivity contribution in [2.24, 2.45) is 0 Å². The second kappa shape index (κ2) is 9.57. The Kier molecular flexibility index (Phi) is 6.17. The van der Waals surface area contributed by atoms with Gasteiger partial charge in [0.1, 0.15) is 5.54 Å². The molecule has 1 aromatic heterocycles. The topological polar surface area (TPSA) is 61.0 Å². The van der Waals surface area contributed by atoms with Gasteiger partial charge in [-0.1, -0.05) is 103 Å². The highest BCUT2D eigenvalue weighted by Gasteiger charge is 2.39. The predicted molar refractivity (Wildman–Crippen MR) is 138 cm³/mol. The van der Waals surface area contributed by atoms with Gasteiger partial charge in [0.05, 0.1) is 11.1 Å². The Morgan fingerprint density at radius 2 is 1.31 bits per heavy atom. The fourth-order valence-electron chi connectivity index (χ4n) is 4.66. The molecule has 0 aliphatic heterocycles. The van der Waals surface area contributed by atoms with Crippen LogP contribution >= 0.6 is 11.6 Å². The fraction of sp³-hybridized carbons (Fsp3) is 0.0690. The summed E-state index contributed by atoms with van der Waals surface area (Å²) in [6, 6.07) is 35.4. The minimum Gasteiger partial charge on any atom is -0.258 e. The lowest BCUT2D eigenvalue weighted by molar-refractivity contribution is -0.385. The van der Waals surface area contributed by atoms with E-state index < -0.39 is 5.54 Å². The minimum atomic E-state index is -0.734. The Balaban J connectivity index is 1.70. The molecule has 0 atom stereocenters. The zero-order valence-corrected chi connectivity index (χ0v) is 19.5. The minimum absolute atomic E-state index is 0.0441. The van der Waals surface area contributed by atoms with Gasteiger partial charge in [-0.05, 0) is 34.4 Å². The summed E-state index contributed by atoms with van der Waals surface area (Å²) >= 11 is 6.16. The fourth-order valence-corrected chi connectivity index (χ4v) is 4.86. The molecule has 0 saturated heterocycles. The summed E-state index contributed by atoms with van der Waals surface area (Å²) in [4.78, 5) is 11.2. The highest BCUT2D eigenvalue weighted by atomic mass is 35.5. The third-order valence-electron chi connectivity index (χ3n) is 6.19. The number of nitrogens with zero attached hydrogens (tertiary/aromatic N) is 3. The van der Waals surface area contributed by atoms with E-state index in [1.807, 2.05) is 65.5 Å². The normalized spacial score (nSPS) is 11.3. The molecule has 1 heterocycles. The molecule has 172 valence electrons. The third kappa shape index (κ3) is 4.22. The van der Waals surface area contributed by atoms with Gasteiger partial charge in [0.2, 0.25) is 0 Å². The molecule has 0 aliphatic carbocycles. The van der Waals surface area contributed by atoms with Crippen LogP contribution < -0.4 is 0 Å². The number of aromatic nitrogens is 2. The monoisotopic (exact) mass is 479 g/mol. The third-order valence-corrected chi connectivity index (χ3v) is 6.42. The lowest BCUT2D eigenvalue weighted by atomic mass is 9.77. The van der Waals surface area contributed by atoms with Crippen molar-refractivity contribution in [3.8, 4) is 0 Å². The maximum atomic E-state index is 11.6. The van der Waals surface area contributed by atoms with Gasteiger partial charge in [0.15, 0.2) is 0 Å². The van der Waals surface area contributed by atoms with E-state index in [1.54, 1.807) is 12.3 Å². The maximum absolute atomic E-state index is 11.6. The van der Waals surface area contributed by atoms with Gasteiger partial charge in [0.25, 0.3) is 5.69 Å². The second-order valence-electron chi connectivity index (χ2n) is 8.31. The molecular weight excluding hydrogens is 458 g/mol. The second-order valence-corrected chi connectivity index (χ2v) is 8.74. The van der Waals surface area contributed by atoms with Crippen LogP contribution in [0.15, 0.2) is 122 Å². The molecule has 6 heteroatoms. The first-order valence-electron chi connectivity index (χ1n) is 11.2. The van der Waals surface area contributed by atoms with Crippen LogP contribution in [0.5, 0.6) is 0 Å². The average molecular weight is 480 g/mol. The van der Waals surface area contributed by atoms with E-state index in [4.69, 9.17) is 16.7 Å². The highest BCUT2D eigenvalue weighted by Crippen LogP contribution is 2.40. The van der Waals surface area contributed by atoms with Gasteiger partial charge in [-0.15, -0.1) is 0 Å². The predicted octanol–water partition coefficient (Wildman–Crippen LogP) is 6.88. The summed E-state index contributed by atoms with van der Waals surface area (Å²) in [7, 11) is 0. The van der Waals surface area contributed by atoms with Crippen LogP contribution in [-0.4, -0.2) is 14.7 Å². The zero-order valence-electron chi connectivity index (χ0n) is 18.8. The molecule has 0 amide bonds. The van der Waals surface area contributed by atoms with Crippen LogP contribution in [0.2, 0.25) is 5.02 Å². The summed E-state index contributed by atoms with van der Waals surface area (Å²) in [5, 5.41) is 16.9. The Hall–Kier alpha value is -4.22. The standard InChI is InChI=1S/C29H22ClN3O2/c30-27-16-17-28(33(34)35)23(19-27)18-22-20-31-32(21-22)29(24-10-4-1-5-11-24,25-12-6-2-7-13-25)26-14-8-3-9-15-26/h1-17,19-21H,18H2. The first-order chi connectivity index (χ1) is 17.1. The molecule has 0 fully saturated rings. The number of hydrogen-bond acceptors (Lipinski definition) is 3. The smallest absolute Gasteiger partial charge is 0.258 e. The Morgan fingerprint density at radius 3 is 1.80 bits per heavy atom. The SMILES string of the molecule is O=[N+]([O-])c1ccc(Cl)cc1Cc1cnn(C(c2ccccc2)(c2ccccc2)c2ccccc2)c1. The number of nitro groups is 1. The van der Waals surface area contributed by atoms with Gasteiger partial charge in [-0.25, -0.2) is 0 Å². The molecule has 0 unspecified atom stereocenters. The molecule has 5 rings (SSSR count). The van der Waals surface area contributed by atoms with Crippen molar-refractivity contribution in [1.29, 1.82) is 0 Å². The van der Waals surface area contributed by atoms with Crippen LogP contribution in [0, 0.1) is 10.1 Å². The van der Waals surface area contributed by atoms with E-state index in [1.165, 1.54) is 12.1 Å². The lowest BCUT2D eigenvalue weighted by Crippen LogP contribution is -2.38. The van der Waals surface area contributed by atoms with Crippen molar-refractivity contribution in [1.82, 2.24) is 9.78 Å². The number of benzene rings is 4. The first-order valence-corrected chi connectivity index (χ1v) is 11.6. The van der Waals surface area contributed by atoms with Crippen molar-refractivity contribution < 1.29 is 4.92 Å². The summed E-state index contributed by atoms with van der Waals surface area (Å²) < 4.78 is 1.96. The molecule has 0 spiro atoms. The molecule has 35 heavy (non-hydrogen) atoms. The Bertz CT molecular complexity index is 1350. The Labute approximate surface area is 208 Å². The van der Waals surface area contributed by atoms with Gasteiger partial charge in [-0.2, -0.15) is 5.10 Å². The highest BCUT2D eigenvalue weighted by molar-refractivity contribution is 6.30. The number of halogens is 1. The van der Waals surface area contributed by atoms with Crippen LogP contribution in [-0.2, 0) is 12.0 Å². The maximum Gasteiger partial charge on any atom is 0.273 e. The van der Waals surface area contributed by atoms with Crippen molar-refractivity contribution in [3.63, 3.8) is 0 Å². The summed E-state index contributed by atoms with van der Waals surface area (Å²) in [6.07, 6.45) is 4.08. The van der Waals surface area contributed by atoms with Crippen molar-refractivity contribution in [2.45, 2.75) is 12.0 Å². The van der Waals surface area contributed by atoms with E-state index >= 15 is 0 Å². The van der Waals surface area contributed by atoms with Crippen molar-refractivity contribution >= 4 is 17.3 Å². The molecule has 0 bridgehead atoms. The van der Waals surface area contributed by atoms with E-state index in [2.05, 4.69) is 36.4 Å². The molecule has 5 aromatic rings. The number of nitro benzene ring substituents is 1. The number of hydrogen-bond donors (Lipinski definition) is 0. The summed E-state index contributed by atoms with van der Waals surface area (Å²) in [5.74, 6) is 0. The van der Waals surface area contributed by atoms with Gasteiger partial charge < -0.3 is 0 Å². The number of rotatable bonds is 7. The van der Waals surface area contributed by atoms with Gasteiger partial charge in [-0.3, -0.25) is 14.8 Å². The van der Waals surface area contributed by atoms with Gasteiger partial charge >= 0.3 is 0 Å². The molecule has 0 N–H and O–H groups in total. The van der Waals surface area contributed by atoms with Gasteiger partial charge in [0, 0.05) is 29.3 Å². The van der Waals surface area contributed by atoms with E-state index in [-0.39, 0.29) is 10.6 Å². The largest absolute Gasteiger partial charge is 0.273 e. The van der Waals surface area contributed by atoms with Crippen LogP contribution in [0.25, 0.3) is 0 Å².